The van der Waals surface area contributed by atoms with Crippen molar-refractivity contribution in [1.82, 2.24) is 0 Å². The quantitative estimate of drug-likeness (QED) is 0.478. The number of carbonyl (C=O) groups excluding carboxylic acids is 2. The van der Waals surface area contributed by atoms with Crippen molar-refractivity contribution >= 4 is 23.3 Å². The number of rotatable bonds is 7. The third-order valence-corrected chi connectivity index (χ3v) is 3.19. The number of esters is 1. The zero-order valence-electron chi connectivity index (χ0n) is 12.8. The van der Waals surface area contributed by atoms with Gasteiger partial charge in [-0.05, 0) is 18.2 Å². The summed E-state index contributed by atoms with van der Waals surface area (Å²) in [6, 6.07) is 14.9. The molecule has 0 radical (unpaired) electrons. The van der Waals surface area contributed by atoms with E-state index in [4.69, 9.17) is 4.74 Å². The van der Waals surface area contributed by atoms with Gasteiger partial charge in [-0.1, -0.05) is 30.3 Å². The topological polar surface area (TPSA) is 98.5 Å². The summed E-state index contributed by atoms with van der Waals surface area (Å²) < 4.78 is 5.00. The minimum atomic E-state index is -0.587. The zero-order valence-corrected chi connectivity index (χ0v) is 12.8. The smallest absolute Gasteiger partial charge is 0.306 e. The normalized spacial score (nSPS) is 10.0. The summed E-state index contributed by atoms with van der Waals surface area (Å²) >= 11 is 0. The van der Waals surface area contributed by atoms with Crippen molar-refractivity contribution in [1.29, 1.82) is 0 Å². The minimum Gasteiger partial charge on any atom is -0.461 e. The molecule has 0 aliphatic rings. The highest BCUT2D eigenvalue weighted by atomic mass is 16.6. The van der Waals surface area contributed by atoms with E-state index in [1.54, 1.807) is 30.3 Å². The molecule has 2 aromatic rings. The zero-order chi connectivity index (χ0) is 17.4. The Bertz CT molecular complexity index is 731. The van der Waals surface area contributed by atoms with Crippen LogP contribution in [0.15, 0.2) is 54.6 Å². The number of nitro groups is 1. The minimum absolute atomic E-state index is 0.0232. The van der Waals surface area contributed by atoms with Gasteiger partial charge in [0, 0.05) is 18.2 Å². The van der Waals surface area contributed by atoms with Gasteiger partial charge in [-0.15, -0.1) is 0 Å². The van der Waals surface area contributed by atoms with Gasteiger partial charge in [0.1, 0.15) is 6.61 Å². The number of para-hydroxylation sites is 2. The van der Waals surface area contributed by atoms with Crippen LogP contribution in [0.2, 0.25) is 0 Å². The number of amides is 1. The fourth-order valence-corrected chi connectivity index (χ4v) is 2.00. The van der Waals surface area contributed by atoms with Gasteiger partial charge in [0.2, 0.25) is 5.91 Å². The molecule has 1 amide bonds. The molecule has 0 spiro atoms. The number of nitrogens with one attached hydrogen (secondary N) is 1. The van der Waals surface area contributed by atoms with Crippen LogP contribution in [0, 0.1) is 10.1 Å². The maximum Gasteiger partial charge on any atom is 0.306 e. The number of benzene rings is 2. The van der Waals surface area contributed by atoms with Crippen LogP contribution in [-0.4, -0.2) is 16.8 Å². The number of ether oxygens (including phenoxy) is 1. The lowest BCUT2D eigenvalue weighted by Crippen LogP contribution is -2.14. The Morgan fingerprint density at radius 2 is 1.67 bits per heavy atom. The summed E-state index contributed by atoms with van der Waals surface area (Å²) in [4.78, 5) is 33.7. The fraction of sp³-hybridized carbons (Fsp3) is 0.176. The summed E-state index contributed by atoms with van der Waals surface area (Å²) in [7, 11) is 0. The lowest BCUT2D eigenvalue weighted by Gasteiger charge is -2.06. The molecule has 0 bridgehead atoms. The summed E-state index contributed by atoms with van der Waals surface area (Å²) in [5.41, 5.74) is 0.854. The highest BCUT2D eigenvalue weighted by Crippen LogP contribution is 2.18. The predicted molar refractivity (Wildman–Crippen MR) is 87.2 cm³/mol. The van der Waals surface area contributed by atoms with Gasteiger partial charge in [0.15, 0.2) is 0 Å². The number of nitrogens with zero attached hydrogens (tertiary/aromatic N) is 1. The van der Waals surface area contributed by atoms with Crippen molar-refractivity contribution in [3.63, 3.8) is 0 Å². The van der Waals surface area contributed by atoms with E-state index < -0.39 is 10.9 Å². The van der Waals surface area contributed by atoms with Crippen LogP contribution in [-0.2, 0) is 20.9 Å². The van der Waals surface area contributed by atoms with Crippen LogP contribution in [0.5, 0.6) is 0 Å². The van der Waals surface area contributed by atoms with Gasteiger partial charge >= 0.3 is 5.97 Å². The number of hydrogen-bond acceptors (Lipinski definition) is 5. The number of anilines is 1. The molecule has 1 N–H and O–H groups in total. The summed E-state index contributed by atoms with van der Waals surface area (Å²) in [5.74, 6) is -0.889. The highest BCUT2D eigenvalue weighted by molar-refractivity contribution is 5.92. The van der Waals surface area contributed by atoms with Crippen LogP contribution in [0.4, 0.5) is 11.4 Å². The average molecular weight is 328 g/mol. The second-order valence-corrected chi connectivity index (χ2v) is 4.96. The SMILES string of the molecule is O=C(CCC(=O)OCc1ccccc1[N+](=O)[O-])Nc1ccccc1. The van der Waals surface area contributed by atoms with Gasteiger partial charge in [-0.3, -0.25) is 19.7 Å². The van der Waals surface area contributed by atoms with Crippen LogP contribution >= 0.6 is 0 Å². The second-order valence-electron chi connectivity index (χ2n) is 4.96. The Balaban J connectivity index is 1.78. The van der Waals surface area contributed by atoms with Crippen molar-refractivity contribution < 1.29 is 19.2 Å². The third-order valence-electron chi connectivity index (χ3n) is 3.19. The lowest BCUT2D eigenvalue weighted by atomic mass is 10.2. The molecule has 0 fully saturated rings. The lowest BCUT2D eigenvalue weighted by molar-refractivity contribution is -0.385. The summed E-state index contributed by atoms with van der Waals surface area (Å²) in [6.45, 7) is -0.198. The molecule has 2 rings (SSSR count). The van der Waals surface area contributed by atoms with Crippen LogP contribution in [0.1, 0.15) is 18.4 Å². The Labute approximate surface area is 138 Å². The van der Waals surface area contributed by atoms with E-state index in [0.29, 0.717) is 11.3 Å². The molecular formula is C17H16N2O5. The second kappa shape index (κ2) is 8.42. The molecule has 0 heterocycles. The molecule has 0 saturated heterocycles. The molecule has 0 aliphatic carbocycles. The van der Waals surface area contributed by atoms with Crippen molar-refractivity contribution in [3.05, 3.63) is 70.3 Å². The summed E-state index contributed by atoms with van der Waals surface area (Å²) in [5, 5.41) is 13.5. The third kappa shape index (κ3) is 5.20. The maximum absolute atomic E-state index is 11.7. The fourth-order valence-electron chi connectivity index (χ4n) is 2.00. The first-order chi connectivity index (χ1) is 11.6. The number of carbonyl (C=O) groups is 2. The van der Waals surface area contributed by atoms with Gasteiger partial charge in [-0.2, -0.15) is 0 Å². The van der Waals surface area contributed by atoms with E-state index in [9.17, 15) is 19.7 Å². The molecule has 24 heavy (non-hydrogen) atoms. The Kier molecular flexibility index (Phi) is 6.01. The van der Waals surface area contributed by atoms with Crippen LogP contribution in [0.3, 0.4) is 0 Å². The van der Waals surface area contributed by atoms with Gasteiger partial charge in [0.05, 0.1) is 16.9 Å². The average Bonchev–Trinajstić information content (AvgIpc) is 2.59. The molecule has 0 unspecified atom stereocenters. The number of hydrogen-bond donors (Lipinski definition) is 1. The molecule has 2 aromatic carbocycles. The van der Waals surface area contributed by atoms with Gasteiger partial charge < -0.3 is 10.1 Å². The van der Waals surface area contributed by atoms with Crippen LogP contribution in [0.25, 0.3) is 0 Å². The van der Waals surface area contributed by atoms with Crippen molar-refractivity contribution in [2.75, 3.05) is 5.32 Å². The van der Waals surface area contributed by atoms with E-state index in [1.807, 2.05) is 6.07 Å². The Morgan fingerprint density at radius 3 is 2.38 bits per heavy atom. The number of nitro benzene ring substituents is 1. The van der Waals surface area contributed by atoms with Crippen molar-refractivity contribution in [2.45, 2.75) is 19.4 Å². The van der Waals surface area contributed by atoms with E-state index in [2.05, 4.69) is 5.32 Å². The van der Waals surface area contributed by atoms with E-state index in [-0.39, 0.29) is 31.0 Å². The summed E-state index contributed by atoms with van der Waals surface area (Å²) in [6.07, 6.45) is -0.121. The molecule has 7 nitrogen and oxygen atoms in total. The highest BCUT2D eigenvalue weighted by Gasteiger charge is 2.14. The Hall–Kier alpha value is -3.22. The molecule has 0 atom stereocenters. The first kappa shape index (κ1) is 17.1. The molecule has 0 saturated carbocycles. The van der Waals surface area contributed by atoms with E-state index >= 15 is 0 Å². The predicted octanol–water partition coefficient (Wildman–Crippen LogP) is 3.06. The largest absolute Gasteiger partial charge is 0.461 e. The Morgan fingerprint density at radius 1 is 1.00 bits per heavy atom. The first-order valence-corrected chi connectivity index (χ1v) is 7.29. The monoisotopic (exact) mass is 328 g/mol. The van der Waals surface area contributed by atoms with E-state index in [0.717, 1.165) is 0 Å². The maximum atomic E-state index is 11.7. The van der Waals surface area contributed by atoms with Crippen LogP contribution < -0.4 is 5.32 Å². The van der Waals surface area contributed by atoms with Crippen molar-refractivity contribution in [2.24, 2.45) is 0 Å². The molecule has 124 valence electrons. The molecular weight excluding hydrogens is 312 g/mol. The molecule has 0 aliphatic heterocycles. The van der Waals surface area contributed by atoms with E-state index in [1.165, 1.54) is 18.2 Å². The first-order valence-electron chi connectivity index (χ1n) is 7.29. The standard InChI is InChI=1S/C17H16N2O5/c20-16(18-14-7-2-1-3-8-14)10-11-17(21)24-12-13-6-4-5-9-15(13)19(22)23/h1-9H,10-12H2,(H,18,20). The van der Waals surface area contributed by atoms with Gasteiger partial charge in [0.25, 0.3) is 5.69 Å². The molecule has 0 aromatic heterocycles. The molecule has 7 heteroatoms. The van der Waals surface area contributed by atoms with Gasteiger partial charge in [-0.25, -0.2) is 0 Å². The van der Waals surface area contributed by atoms with Crippen molar-refractivity contribution in [3.8, 4) is 0 Å².